The first-order chi connectivity index (χ1) is 14.1. The van der Waals surface area contributed by atoms with Crippen LogP contribution in [0.1, 0.15) is 35.3 Å². The van der Waals surface area contributed by atoms with Crippen LogP contribution in [0.5, 0.6) is 0 Å². The van der Waals surface area contributed by atoms with Crippen LogP contribution in [0.25, 0.3) is 10.9 Å². The number of H-pyrrole nitrogens is 1. The van der Waals surface area contributed by atoms with Crippen LogP contribution < -0.4 is 10.9 Å². The standard InChI is InChI=1S/C22H27N5O2/c1-16-9-10-21(28)27(25-16)13-12-26-11-5-4-6-17(26)14-24-22(29)19-15-23-20-8-3-2-7-18(19)20/h2-3,7-10,15,17,23H,4-6,11-14H2,1H3,(H,24,29). The van der Waals surface area contributed by atoms with Crippen molar-refractivity contribution in [2.45, 2.75) is 38.8 Å². The van der Waals surface area contributed by atoms with E-state index in [1.807, 2.05) is 31.2 Å². The Balaban J connectivity index is 1.38. The van der Waals surface area contributed by atoms with Gasteiger partial charge < -0.3 is 10.3 Å². The Kier molecular flexibility index (Phi) is 5.76. The molecule has 1 aliphatic heterocycles. The van der Waals surface area contributed by atoms with E-state index in [4.69, 9.17) is 0 Å². The predicted molar refractivity (Wildman–Crippen MR) is 113 cm³/mol. The summed E-state index contributed by atoms with van der Waals surface area (Å²) in [7, 11) is 0. The number of benzene rings is 1. The number of aromatic amines is 1. The van der Waals surface area contributed by atoms with Gasteiger partial charge in [0.1, 0.15) is 0 Å². The molecule has 1 aromatic carbocycles. The summed E-state index contributed by atoms with van der Waals surface area (Å²) in [5.74, 6) is -0.0513. The molecule has 2 N–H and O–H groups in total. The van der Waals surface area contributed by atoms with Gasteiger partial charge in [0, 0.05) is 42.3 Å². The van der Waals surface area contributed by atoms with Gasteiger partial charge in [-0.3, -0.25) is 14.5 Å². The van der Waals surface area contributed by atoms with E-state index in [0.717, 1.165) is 48.9 Å². The molecule has 0 aliphatic carbocycles. The van der Waals surface area contributed by atoms with Crippen LogP contribution in [0.4, 0.5) is 0 Å². The maximum absolute atomic E-state index is 12.7. The number of rotatable bonds is 6. The van der Waals surface area contributed by atoms with Gasteiger partial charge in [0.15, 0.2) is 0 Å². The number of hydrogen-bond acceptors (Lipinski definition) is 4. The molecule has 7 heteroatoms. The molecule has 0 spiro atoms. The van der Waals surface area contributed by atoms with E-state index in [1.54, 1.807) is 18.3 Å². The number of nitrogens with one attached hydrogen (secondary N) is 2. The van der Waals surface area contributed by atoms with E-state index in [1.165, 1.54) is 4.68 Å². The van der Waals surface area contributed by atoms with Crippen LogP contribution in [-0.4, -0.2) is 51.2 Å². The first kappa shape index (κ1) is 19.4. The van der Waals surface area contributed by atoms with Gasteiger partial charge in [-0.05, 0) is 38.4 Å². The monoisotopic (exact) mass is 393 g/mol. The molecule has 0 bridgehead atoms. The second kappa shape index (κ2) is 8.61. The minimum absolute atomic E-state index is 0.0513. The van der Waals surface area contributed by atoms with Gasteiger partial charge in [-0.15, -0.1) is 0 Å². The fourth-order valence-corrected chi connectivity index (χ4v) is 4.08. The van der Waals surface area contributed by atoms with Gasteiger partial charge in [-0.25, -0.2) is 4.68 Å². The molecule has 4 rings (SSSR count). The van der Waals surface area contributed by atoms with Gasteiger partial charge in [0.05, 0.1) is 17.8 Å². The Hall–Kier alpha value is -2.93. The number of para-hydroxylation sites is 1. The molecule has 29 heavy (non-hydrogen) atoms. The summed E-state index contributed by atoms with van der Waals surface area (Å²) in [6.45, 7) is 4.79. The highest BCUT2D eigenvalue weighted by molar-refractivity contribution is 6.06. The van der Waals surface area contributed by atoms with Crippen molar-refractivity contribution in [2.24, 2.45) is 0 Å². The lowest BCUT2D eigenvalue weighted by Gasteiger charge is -2.35. The topological polar surface area (TPSA) is 83.0 Å². The fourth-order valence-electron chi connectivity index (χ4n) is 4.08. The van der Waals surface area contributed by atoms with Gasteiger partial charge in [0.2, 0.25) is 0 Å². The molecule has 0 saturated carbocycles. The third-order valence-corrected chi connectivity index (χ3v) is 5.68. The van der Waals surface area contributed by atoms with Crippen LogP contribution in [0.3, 0.4) is 0 Å². The number of aryl methyl sites for hydroxylation is 1. The van der Waals surface area contributed by atoms with E-state index in [0.29, 0.717) is 18.7 Å². The van der Waals surface area contributed by atoms with Crippen molar-refractivity contribution < 1.29 is 4.79 Å². The quantitative estimate of drug-likeness (QED) is 0.673. The smallest absolute Gasteiger partial charge is 0.266 e. The Bertz CT molecular complexity index is 1050. The van der Waals surface area contributed by atoms with Crippen molar-refractivity contribution in [3.8, 4) is 0 Å². The van der Waals surface area contributed by atoms with Crippen molar-refractivity contribution in [3.63, 3.8) is 0 Å². The summed E-state index contributed by atoms with van der Waals surface area (Å²) in [6.07, 6.45) is 5.12. The Labute approximate surface area is 169 Å². The Morgan fingerprint density at radius 3 is 2.97 bits per heavy atom. The zero-order valence-electron chi connectivity index (χ0n) is 16.7. The Morgan fingerprint density at radius 1 is 1.21 bits per heavy atom. The lowest BCUT2D eigenvalue weighted by atomic mass is 10.0. The molecule has 1 fully saturated rings. The van der Waals surface area contributed by atoms with E-state index >= 15 is 0 Å². The third kappa shape index (κ3) is 4.40. The van der Waals surface area contributed by atoms with Gasteiger partial charge >= 0.3 is 0 Å². The summed E-state index contributed by atoms with van der Waals surface area (Å²) >= 11 is 0. The highest BCUT2D eigenvalue weighted by atomic mass is 16.1. The molecule has 2 aromatic heterocycles. The molecular weight excluding hydrogens is 366 g/mol. The van der Waals surface area contributed by atoms with Crippen LogP contribution in [0.15, 0.2) is 47.4 Å². The number of piperidine rings is 1. The Morgan fingerprint density at radius 2 is 2.07 bits per heavy atom. The molecule has 1 aliphatic rings. The minimum Gasteiger partial charge on any atom is -0.360 e. The summed E-state index contributed by atoms with van der Waals surface area (Å²) in [5, 5.41) is 8.37. The maximum atomic E-state index is 12.7. The number of carbonyl (C=O) groups is 1. The zero-order valence-corrected chi connectivity index (χ0v) is 16.7. The second-order valence-corrected chi connectivity index (χ2v) is 7.68. The average molecular weight is 393 g/mol. The summed E-state index contributed by atoms with van der Waals surface area (Å²) in [6, 6.07) is 11.4. The molecule has 152 valence electrons. The maximum Gasteiger partial charge on any atom is 0.266 e. The van der Waals surface area contributed by atoms with Crippen LogP contribution in [0, 0.1) is 6.92 Å². The molecule has 0 radical (unpaired) electrons. The van der Waals surface area contributed by atoms with E-state index in [9.17, 15) is 9.59 Å². The zero-order chi connectivity index (χ0) is 20.2. The fraction of sp³-hybridized carbons (Fsp3) is 0.409. The van der Waals surface area contributed by atoms with Crippen molar-refractivity contribution >= 4 is 16.8 Å². The number of carbonyl (C=O) groups excluding carboxylic acids is 1. The second-order valence-electron chi connectivity index (χ2n) is 7.68. The third-order valence-electron chi connectivity index (χ3n) is 5.68. The summed E-state index contributed by atoms with van der Waals surface area (Å²) < 4.78 is 1.53. The number of fused-ring (bicyclic) bond motifs is 1. The van der Waals surface area contributed by atoms with E-state index < -0.39 is 0 Å². The molecule has 3 heterocycles. The molecule has 1 saturated heterocycles. The summed E-state index contributed by atoms with van der Waals surface area (Å²) in [4.78, 5) is 30.3. The molecule has 7 nitrogen and oxygen atoms in total. The SMILES string of the molecule is Cc1ccc(=O)n(CCN2CCCCC2CNC(=O)c2c[nH]c3ccccc23)n1. The van der Waals surface area contributed by atoms with Crippen molar-refractivity contribution in [1.82, 2.24) is 25.0 Å². The normalized spacial score (nSPS) is 17.5. The van der Waals surface area contributed by atoms with Gasteiger partial charge in [-0.1, -0.05) is 24.6 Å². The highest BCUT2D eigenvalue weighted by Crippen LogP contribution is 2.19. The predicted octanol–water partition coefficient (Wildman–Crippen LogP) is 2.32. The molecule has 1 amide bonds. The van der Waals surface area contributed by atoms with Gasteiger partial charge in [0.25, 0.3) is 11.5 Å². The van der Waals surface area contributed by atoms with Crippen LogP contribution in [-0.2, 0) is 6.54 Å². The van der Waals surface area contributed by atoms with Crippen molar-refractivity contribution in [2.75, 3.05) is 19.6 Å². The first-order valence-electron chi connectivity index (χ1n) is 10.2. The number of amides is 1. The lowest BCUT2D eigenvalue weighted by molar-refractivity contribution is 0.0910. The van der Waals surface area contributed by atoms with Crippen LogP contribution >= 0.6 is 0 Å². The van der Waals surface area contributed by atoms with Crippen molar-refractivity contribution in [3.05, 3.63) is 64.2 Å². The highest BCUT2D eigenvalue weighted by Gasteiger charge is 2.23. The average Bonchev–Trinajstić information content (AvgIpc) is 3.17. The molecular formula is C22H27N5O2. The van der Waals surface area contributed by atoms with E-state index in [-0.39, 0.29) is 17.5 Å². The van der Waals surface area contributed by atoms with Crippen molar-refractivity contribution in [1.29, 1.82) is 0 Å². The van der Waals surface area contributed by atoms with Gasteiger partial charge in [-0.2, -0.15) is 5.10 Å². The lowest BCUT2D eigenvalue weighted by Crippen LogP contribution is -2.48. The minimum atomic E-state index is -0.0724. The number of nitrogens with zero attached hydrogens (tertiary/aromatic N) is 3. The molecule has 1 atom stereocenters. The first-order valence-corrected chi connectivity index (χ1v) is 10.2. The van der Waals surface area contributed by atoms with Crippen LogP contribution in [0.2, 0.25) is 0 Å². The largest absolute Gasteiger partial charge is 0.360 e. The molecule has 3 aromatic rings. The molecule has 1 unspecified atom stereocenters. The summed E-state index contributed by atoms with van der Waals surface area (Å²) in [5.41, 5.74) is 2.41. The van der Waals surface area contributed by atoms with E-state index in [2.05, 4.69) is 20.3 Å². The number of hydrogen-bond donors (Lipinski definition) is 2. The number of aromatic nitrogens is 3. The number of likely N-dealkylation sites (tertiary alicyclic amines) is 1.